The van der Waals surface area contributed by atoms with Crippen LogP contribution in [0.15, 0.2) is 42.5 Å². The number of pyridine rings is 1. The van der Waals surface area contributed by atoms with E-state index >= 15 is 0 Å². The summed E-state index contributed by atoms with van der Waals surface area (Å²) < 4.78 is 18.7. The highest BCUT2D eigenvalue weighted by atomic mass is 35.5. The summed E-state index contributed by atoms with van der Waals surface area (Å²) in [5.74, 6) is 0.0333. The molecule has 1 N–H and O–H groups in total. The summed E-state index contributed by atoms with van der Waals surface area (Å²) >= 11 is 6.38. The number of nitrogens with zero attached hydrogens (tertiary/aromatic N) is 2. The summed E-state index contributed by atoms with van der Waals surface area (Å²) in [6, 6.07) is 12.6. The smallest absolute Gasteiger partial charge is 0.214 e. The largest absolute Gasteiger partial charge is 0.379 e. The Hall–Kier alpha value is -1.69. The molecule has 0 aliphatic carbocycles. The summed E-state index contributed by atoms with van der Waals surface area (Å²) in [6.07, 6.45) is 0. The van der Waals surface area contributed by atoms with Crippen LogP contribution in [0.4, 0.5) is 10.2 Å². The Morgan fingerprint density at radius 1 is 1.17 bits per heavy atom. The molecule has 0 saturated carbocycles. The van der Waals surface area contributed by atoms with E-state index in [4.69, 9.17) is 16.3 Å². The topological polar surface area (TPSA) is 37.4 Å². The van der Waals surface area contributed by atoms with Crippen molar-refractivity contribution < 1.29 is 9.13 Å². The molecule has 1 atom stereocenters. The van der Waals surface area contributed by atoms with Crippen molar-refractivity contribution in [3.05, 3.63) is 59.0 Å². The van der Waals surface area contributed by atoms with Crippen molar-refractivity contribution in [2.45, 2.75) is 6.04 Å². The predicted octanol–water partition coefficient (Wildman–Crippen LogP) is 3.36. The Balaban J connectivity index is 1.79. The first-order valence-corrected chi connectivity index (χ1v) is 8.04. The fourth-order valence-corrected chi connectivity index (χ4v) is 3.04. The SMILES string of the molecule is Fc1cccc(NCC(c2ccccc2Cl)N2CCOCC2)n1. The van der Waals surface area contributed by atoms with Crippen LogP contribution in [0.1, 0.15) is 11.6 Å². The van der Waals surface area contributed by atoms with E-state index in [9.17, 15) is 4.39 Å². The van der Waals surface area contributed by atoms with Gasteiger partial charge in [0.1, 0.15) is 5.82 Å². The van der Waals surface area contributed by atoms with Crippen LogP contribution in [0.3, 0.4) is 0 Å². The van der Waals surface area contributed by atoms with Crippen LogP contribution < -0.4 is 5.32 Å². The third-order valence-electron chi connectivity index (χ3n) is 3.94. The van der Waals surface area contributed by atoms with Gasteiger partial charge in [-0.1, -0.05) is 35.9 Å². The molecular weight excluding hydrogens is 317 g/mol. The van der Waals surface area contributed by atoms with Gasteiger partial charge in [0.05, 0.1) is 19.3 Å². The van der Waals surface area contributed by atoms with Gasteiger partial charge in [-0.2, -0.15) is 4.39 Å². The van der Waals surface area contributed by atoms with Crippen molar-refractivity contribution in [3.8, 4) is 0 Å². The quantitative estimate of drug-likeness (QED) is 0.850. The number of nitrogens with one attached hydrogen (secondary N) is 1. The number of aromatic nitrogens is 1. The molecule has 4 nitrogen and oxygen atoms in total. The third kappa shape index (κ3) is 4.19. The fraction of sp³-hybridized carbons (Fsp3) is 0.353. The first-order chi connectivity index (χ1) is 11.2. The number of anilines is 1. The van der Waals surface area contributed by atoms with E-state index in [1.807, 2.05) is 24.3 Å². The van der Waals surface area contributed by atoms with Crippen molar-refractivity contribution >= 4 is 17.4 Å². The molecule has 1 aliphatic heterocycles. The number of rotatable bonds is 5. The standard InChI is InChI=1S/C17H19ClFN3O/c18-14-5-2-1-4-13(14)15(22-8-10-23-11-9-22)12-20-17-7-3-6-16(19)21-17/h1-7,15H,8-12H2,(H,20,21). The maximum absolute atomic E-state index is 13.2. The van der Waals surface area contributed by atoms with Crippen LogP contribution in [0.25, 0.3) is 0 Å². The zero-order chi connectivity index (χ0) is 16.1. The second-order valence-corrected chi connectivity index (χ2v) is 5.82. The number of hydrogen-bond acceptors (Lipinski definition) is 4. The Morgan fingerprint density at radius 2 is 1.96 bits per heavy atom. The molecular formula is C17H19ClFN3O. The summed E-state index contributed by atoms with van der Waals surface area (Å²) in [5.41, 5.74) is 1.06. The summed E-state index contributed by atoms with van der Waals surface area (Å²) in [5, 5.41) is 3.95. The normalized spacial score (nSPS) is 17.0. The number of halogens is 2. The first kappa shape index (κ1) is 16.2. The minimum Gasteiger partial charge on any atom is -0.379 e. The molecule has 0 bridgehead atoms. The molecule has 0 radical (unpaired) electrons. The van der Waals surface area contributed by atoms with Crippen molar-refractivity contribution in [1.82, 2.24) is 9.88 Å². The third-order valence-corrected chi connectivity index (χ3v) is 4.29. The van der Waals surface area contributed by atoms with Crippen LogP contribution in [0, 0.1) is 5.95 Å². The van der Waals surface area contributed by atoms with Crippen molar-refractivity contribution in [2.75, 3.05) is 38.2 Å². The highest BCUT2D eigenvalue weighted by Crippen LogP contribution is 2.28. The van der Waals surface area contributed by atoms with Gasteiger partial charge in [0, 0.05) is 24.7 Å². The van der Waals surface area contributed by atoms with Crippen molar-refractivity contribution in [2.24, 2.45) is 0 Å². The van der Waals surface area contributed by atoms with E-state index in [0.29, 0.717) is 25.6 Å². The Bertz CT molecular complexity index is 649. The molecule has 1 fully saturated rings. The number of benzene rings is 1. The lowest BCUT2D eigenvalue weighted by Crippen LogP contribution is -2.41. The molecule has 6 heteroatoms. The predicted molar refractivity (Wildman–Crippen MR) is 89.3 cm³/mol. The molecule has 23 heavy (non-hydrogen) atoms. The van der Waals surface area contributed by atoms with Gasteiger partial charge < -0.3 is 10.1 Å². The maximum Gasteiger partial charge on any atom is 0.214 e. The second kappa shape index (κ2) is 7.73. The minimum atomic E-state index is -0.490. The zero-order valence-electron chi connectivity index (χ0n) is 12.7. The van der Waals surface area contributed by atoms with Gasteiger partial charge in [0.25, 0.3) is 0 Å². The highest BCUT2D eigenvalue weighted by molar-refractivity contribution is 6.31. The van der Waals surface area contributed by atoms with Crippen LogP contribution in [-0.2, 0) is 4.74 Å². The molecule has 1 aromatic heterocycles. The molecule has 1 aliphatic rings. The number of morpholine rings is 1. The Morgan fingerprint density at radius 3 is 2.70 bits per heavy atom. The van der Waals surface area contributed by atoms with Gasteiger partial charge in [-0.25, -0.2) is 4.98 Å². The summed E-state index contributed by atoms with van der Waals surface area (Å²) in [7, 11) is 0. The van der Waals surface area contributed by atoms with E-state index in [1.165, 1.54) is 6.07 Å². The lowest BCUT2D eigenvalue weighted by Gasteiger charge is -2.35. The van der Waals surface area contributed by atoms with Gasteiger partial charge in [0.2, 0.25) is 5.95 Å². The molecule has 0 spiro atoms. The van der Waals surface area contributed by atoms with E-state index in [0.717, 1.165) is 23.7 Å². The molecule has 1 unspecified atom stereocenters. The molecule has 1 saturated heterocycles. The van der Waals surface area contributed by atoms with E-state index in [1.54, 1.807) is 12.1 Å². The monoisotopic (exact) mass is 335 g/mol. The Kier molecular flexibility index (Phi) is 5.43. The van der Waals surface area contributed by atoms with Crippen LogP contribution in [0.2, 0.25) is 5.02 Å². The van der Waals surface area contributed by atoms with Crippen molar-refractivity contribution in [3.63, 3.8) is 0 Å². The van der Waals surface area contributed by atoms with Crippen LogP contribution >= 0.6 is 11.6 Å². The molecule has 2 aromatic rings. The van der Waals surface area contributed by atoms with E-state index in [2.05, 4.69) is 15.2 Å². The molecule has 122 valence electrons. The average Bonchev–Trinajstić information content (AvgIpc) is 2.58. The van der Waals surface area contributed by atoms with Gasteiger partial charge in [-0.15, -0.1) is 0 Å². The molecule has 2 heterocycles. The zero-order valence-corrected chi connectivity index (χ0v) is 13.5. The van der Waals surface area contributed by atoms with Gasteiger partial charge in [0.15, 0.2) is 0 Å². The fourth-order valence-electron chi connectivity index (χ4n) is 2.78. The second-order valence-electron chi connectivity index (χ2n) is 5.41. The molecule has 1 aromatic carbocycles. The lowest BCUT2D eigenvalue weighted by molar-refractivity contribution is 0.0187. The van der Waals surface area contributed by atoms with Gasteiger partial charge in [-0.05, 0) is 23.8 Å². The molecule has 3 rings (SSSR count). The highest BCUT2D eigenvalue weighted by Gasteiger charge is 2.24. The average molecular weight is 336 g/mol. The maximum atomic E-state index is 13.2. The van der Waals surface area contributed by atoms with E-state index < -0.39 is 5.95 Å². The van der Waals surface area contributed by atoms with Crippen LogP contribution in [0.5, 0.6) is 0 Å². The Labute approximate surface area is 140 Å². The van der Waals surface area contributed by atoms with Crippen molar-refractivity contribution in [1.29, 1.82) is 0 Å². The minimum absolute atomic E-state index is 0.0812. The van der Waals surface area contributed by atoms with Crippen LogP contribution in [-0.4, -0.2) is 42.7 Å². The lowest BCUT2D eigenvalue weighted by atomic mass is 10.0. The summed E-state index contributed by atoms with van der Waals surface area (Å²) in [6.45, 7) is 3.70. The molecule has 0 amide bonds. The first-order valence-electron chi connectivity index (χ1n) is 7.67. The summed E-state index contributed by atoms with van der Waals surface area (Å²) in [4.78, 5) is 6.18. The number of hydrogen-bond donors (Lipinski definition) is 1. The van der Waals surface area contributed by atoms with Gasteiger partial charge >= 0.3 is 0 Å². The number of ether oxygens (including phenoxy) is 1. The van der Waals surface area contributed by atoms with E-state index in [-0.39, 0.29) is 6.04 Å². The van der Waals surface area contributed by atoms with Gasteiger partial charge in [-0.3, -0.25) is 4.90 Å².